The van der Waals surface area contributed by atoms with E-state index in [4.69, 9.17) is 18.9 Å². The summed E-state index contributed by atoms with van der Waals surface area (Å²) in [6.07, 6.45) is 5.22. The highest BCUT2D eigenvalue weighted by Gasteiger charge is 2.20. The Labute approximate surface area is 215 Å². The van der Waals surface area contributed by atoms with Gasteiger partial charge in [0.2, 0.25) is 5.75 Å². The van der Waals surface area contributed by atoms with Crippen molar-refractivity contribution in [2.45, 2.75) is 39.0 Å². The number of rotatable bonds is 13. The molecule has 0 fully saturated rings. The molecule has 2 rings (SSSR count). The predicted octanol–water partition coefficient (Wildman–Crippen LogP) is 2.13. The van der Waals surface area contributed by atoms with E-state index in [-0.39, 0.29) is 24.0 Å². The molecule has 0 spiro atoms. The van der Waals surface area contributed by atoms with Gasteiger partial charge in [0.05, 0.1) is 54.1 Å². The molecule has 33 heavy (non-hydrogen) atoms. The third-order valence-corrected chi connectivity index (χ3v) is 5.17. The van der Waals surface area contributed by atoms with Crippen LogP contribution in [-0.4, -0.2) is 59.0 Å². The first-order valence-corrected chi connectivity index (χ1v) is 11.3. The van der Waals surface area contributed by atoms with Crippen molar-refractivity contribution in [2.24, 2.45) is 0 Å². The van der Waals surface area contributed by atoms with Crippen LogP contribution in [0.25, 0.3) is 0 Å². The molecular formula is C26H38INO5. The molecule has 0 unspecified atom stereocenters. The summed E-state index contributed by atoms with van der Waals surface area (Å²) >= 11 is 0. The Kier molecular flexibility index (Phi) is 12.6. The fourth-order valence-corrected chi connectivity index (χ4v) is 3.27. The number of esters is 1. The van der Waals surface area contributed by atoms with E-state index in [1.54, 1.807) is 26.4 Å². The topological polar surface area (TPSA) is 54.0 Å². The number of ether oxygens (including phenoxy) is 4. The Hall–Kier alpha value is -2.00. The first-order valence-electron chi connectivity index (χ1n) is 11.3. The molecule has 0 aromatic heterocycles. The quantitative estimate of drug-likeness (QED) is 0.121. The van der Waals surface area contributed by atoms with E-state index in [2.05, 4.69) is 28.1 Å². The number of benzene rings is 2. The van der Waals surface area contributed by atoms with Gasteiger partial charge in [-0.1, -0.05) is 44.4 Å². The lowest BCUT2D eigenvalue weighted by molar-refractivity contribution is -0.870. The zero-order valence-corrected chi connectivity index (χ0v) is 22.9. The van der Waals surface area contributed by atoms with Crippen molar-refractivity contribution >= 4 is 5.97 Å². The van der Waals surface area contributed by atoms with Crippen LogP contribution in [0.2, 0.25) is 0 Å². The van der Waals surface area contributed by atoms with E-state index in [1.807, 2.05) is 24.3 Å². The second kappa shape index (κ2) is 14.3. The van der Waals surface area contributed by atoms with Crippen molar-refractivity contribution in [3.63, 3.8) is 0 Å². The largest absolute Gasteiger partial charge is 1.00 e. The summed E-state index contributed by atoms with van der Waals surface area (Å²) in [6, 6.07) is 10.9. The van der Waals surface area contributed by atoms with Gasteiger partial charge in [-0.25, -0.2) is 4.79 Å². The highest BCUT2D eigenvalue weighted by atomic mass is 127. The SMILES string of the molecule is CCCCCCOc1c(OC)cc(C(=O)Oc2ccccc2CC[N+](C)(C)C)cc1OC.[I-]. The third-order valence-electron chi connectivity index (χ3n) is 5.17. The van der Waals surface area contributed by atoms with Crippen LogP contribution in [0.4, 0.5) is 0 Å². The number of methoxy groups -OCH3 is 2. The number of carbonyl (C=O) groups is 1. The minimum absolute atomic E-state index is 0. The van der Waals surface area contributed by atoms with Gasteiger partial charge < -0.3 is 47.4 Å². The number of quaternary nitrogens is 1. The lowest BCUT2D eigenvalue weighted by Crippen LogP contribution is -3.00. The number of nitrogens with zero attached hydrogens (tertiary/aromatic N) is 1. The van der Waals surface area contributed by atoms with E-state index in [9.17, 15) is 4.79 Å². The molecule has 0 atom stereocenters. The van der Waals surface area contributed by atoms with Crippen molar-refractivity contribution in [1.82, 2.24) is 0 Å². The van der Waals surface area contributed by atoms with Crippen LogP contribution in [0.1, 0.15) is 48.5 Å². The maximum absolute atomic E-state index is 13.0. The smallest absolute Gasteiger partial charge is 0.343 e. The highest BCUT2D eigenvalue weighted by Crippen LogP contribution is 2.39. The van der Waals surface area contributed by atoms with E-state index in [0.717, 1.165) is 35.9 Å². The Bertz CT molecular complexity index is 854. The monoisotopic (exact) mass is 571 g/mol. The molecule has 0 saturated heterocycles. The van der Waals surface area contributed by atoms with E-state index < -0.39 is 5.97 Å². The van der Waals surface area contributed by atoms with Gasteiger partial charge in [-0.2, -0.15) is 0 Å². The van der Waals surface area contributed by atoms with Crippen molar-refractivity contribution < 1.29 is 52.2 Å². The van der Waals surface area contributed by atoms with Crippen molar-refractivity contribution in [2.75, 3.05) is 48.5 Å². The zero-order chi connectivity index (χ0) is 23.6. The van der Waals surface area contributed by atoms with Crippen LogP contribution in [0.5, 0.6) is 23.0 Å². The van der Waals surface area contributed by atoms with E-state index >= 15 is 0 Å². The summed E-state index contributed by atoms with van der Waals surface area (Å²) in [5.74, 6) is 1.51. The van der Waals surface area contributed by atoms with Crippen LogP contribution >= 0.6 is 0 Å². The molecule has 0 heterocycles. The lowest BCUT2D eigenvalue weighted by Gasteiger charge is -2.24. The highest BCUT2D eigenvalue weighted by molar-refractivity contribution is 5.92. The summed E-state index contributed by atoms with van der Waals surface area (Å²) < 4.78 is 23.5. The molecular weight excluding hydrogens is 533 g/mol. The molecule has 0 radical (unpaired) electrons. The summed E-state index contributed by atoms with van der Waals surface area (Å²) in [6.45, 7) is 3.67. The fourth-order valence-electron chi connectivity index (χ4n) is 3.27. The first kappa shape index (κ1) is 29.0. The summed E-state index contributed by atoms with van der Waals surface area (Å²) in [4.78, 5) is 13.0. The van der Waals surface area contributed by atoms with Gasteiger partial charge in [-0.05, 0) is 24.6 Å². The Morgan fingerprint density at radius 3 is 2.12 bits per heavy atom. The summed E-state index contributed by atoms with van der Waals surface area (Å²) in [5.41, 5.74) is 1.35. The van der Waals surface area contributed by atoms with Gasteiger partial charge in [0.25, 0.3) is 0 Å². The van der Waals surface area contributed by atoms with E-state index in [0.29, 0.717) is 35.2 Å². The van der Waals surface area contributed by atoms with Gasteiger partial charge in [-0.15, -0.1) is 0 Å². The van der Waals surface area contributed by atoms with Crippen LogP contribution in [0.15, 0.2) is 36.4 Å². The lowest BCUT2D eigenvalue weighted by atomic mass is 10.1. The average Bonchev–Trinajstić information content (AvgIpc) is 2.77. The minimum atomic E-state index is -0.464. The van der Waals surface area contributed by atoms with Gasteiger partial charge in [-0.3, -0.25) is 0 Å². The number of carbonyl (C=O) groups excluding carboxylic acids is 1. The maximum atomic E-state index is 13.0. The Balaban J connectivity index is 0.00000544. The van der Waals surface area contributed by atoms with Crippen LogP contribution in [0, 0.1) is 0 Å². The maximum Gasteiger partial charge on any atom is 0.343 e. The second-order valence-electron chi connectivity index (χ2n) is 8.88. The first-order chi connectivity index (χ1) is 15.3. The molecule has 0 amide bonds. The number of hydrogen-bond acceptors (Lipinski definition) is 5. The standard InChI is InChI=1S/C26H38NO5.HI/c1-7-8-9-12-17-31-25-23(29-5)18-21(19-24(25)30-6)26(28)32-22-14-11-10-13-20(22)15-16-27(2,3)4;/h10-11,13-14,18-19H,7-9,12,15-17H2,1-6H3;1H/q+1;/p-1. The van der Waals surface area contributed by atoms with Crippen molar-refractivity contribution in [3.05, 3.63) is 47.5 Å². The molecule has 0 aliphatic rings. The molecule has 0 aliphatic heterocycles. The molecule has 7 heteroatoms. The van der Waals surface area contributed by atoms with Crippen LogP contribution in [0.3, 0.4) is 0 Å². The molecule has 0 N–H and O–H groups in total. The van der Waals surface area contributed by atoms with Crippen molar-refractivity contribution in [3.8, 4) is 23.0 Å². The number of likely N-dealkylation sites (N-methyl/N-ethyl adjacent to an activating group) is 1. The number of para-hydroxylation sites is 1. The van der Waals surface area contributed by atoms with Gasteiger partial charge in [0.1, 0.15) is 5.75 Å². The molecule has 2 aromatic rings. The molecule has 6 nitrogen and oxygen atoms in total. The van der Waals surface area contributed by atoms with Gasteiger partial charge >= 0.3 is 5.97 Å². The summed E-state index contributed by atoms with van der Waals surface area (Å²) in [5, 5.41) is 0. The molecule has 0 aliphatic carbocycles. The van der Waals surface area contributed by atoms with Crippen LogP contribution < -0.4 is 42.9 Å². The number of halogens is 1. The van der Waals surface area contributed by atoms with E-state index in [1.165, 1.54) is 12.8 Å². The molecule has 2 aromatic carbocycles. The van der Waals surface area contributed by atoms with Crippen molar-refractivity contribution in [1.29, 1.82) is 0 Å². The summed E-state index contributed by atoms with van der Waals surface area (Å²) in [7, 11) is 9.52. The minimum Gasteiger partial charge on any atom is -1.00 e. The van der Waals surface area contributed by atoms with Gasteiger partial charge in [0, 0.05) is 12.0 Å². The zero-order valence-electron chi connectivity index (χ0n) is 20.8. The molecule has 0 bridgehead atoms. The Morgan fingerprint density at radius 2 is 1.55 bits per heavy atom. The average molecular weight is 571 g/mol. The second-order valence-corrected chi connectivity index (χ2v) is 8.88. The normalized spacial score (nSPS) is 10.8. The van der Waals surface area contributed by atoms with Gasteiger partial charge in [0.15, 0.2) is 11.5 Å². The third kappa shape index (κ3) is 9.41. The Morgan fingerprint density at radius 1 is 0.909 bits per heavy atom. The fraction of sp³-hybridized carbons (Fsp3) is 0.500. The van der Waals surface area contributed by atoms with Crippen LogP contribution in [-0.2, 0) is 6.42 Å². The number of hydrogen-bond donors (Lipinski definition) is 0. The molecule has 0 saturated carbocycles. The predicted molar refractivity (Wildman–Crippen MR) is 127 cm³/mol. The number of unbranched alkanes of at least 4 members (excludes halogenated alkanes) is 3. The molecule has 184 valence electrons.